The monoisotopic (exact) mass is 355 g/mol. The molecule has 7 nitrogen and oxygen atoms in total. The predicted octanol–water partition coefficient (Wildman–Crippen LogP) is 2.16. The Morgan fingerprint density at radius 3 is 2.50 bits per heavy atom. The number of hydrogen-bond acceptors (Lipinski definition) is 6. The van der Waals surface area contributed by atoms with Crippen LogP contribution in [0.4, 0.5) is 16.0 Å². The highest BCUT2D eigenvalue weighted by atomic mass is 19.1. The first-order chi connectivity index (χ1) is 12.6. The van der Waals surface area contributed by atoms with E-state index in [1.165, 1.54) is 6.33 Å². The van der Waals surface area contributed by atoms with Crippen LogP contribution in [0.15, 0.2) is 18.5 Å². The van der Waals surface area contributed by atoms with Crippen LogP contribution in [-0.2, 0) is 6.42 Å². The predicted molar refractivity (Wildman–Crippen MR) is 98.3 cm³/mol. The van der Waals surface area contributed by atoms with Gasteiger partial charge >= 0.3 is 0 Å². The van der Waals surface area contributed by atoms with Crippen LogP contribution in [-0.4, -0.2) is 50.7 Å². The number of fused-ring (bicyclic) bond motifs is 1. The van der Waals surface area contributed by atoms with Gasteiger partial charge in [0.2, 0.25) is 0 Å². The zero-order valence-electron chi connectivity index (χ0n) is 15.3. The van der Waals surface area contributed by atoms with Gasteiger partial charge in [0.25, 0.3) is 0 Å². The van der Waals surface area contributed by atoms with Crippen LogP contribution in [0.5, 0.6) is 0 Å². The number of anilines is 2. The molecule has 3 aromatic heterocycles. The van der Waals surface area contributed by atoms with Gasteiger partial charge in [-0.1, -0.05) is 6.92 Å². The molecule has 0 bridgehead atoms. The fourth-order valence-electron chi connectivity index (χ4n) is 3.32. The molecule has 0 aliphatic carbocycles. The van der Waals surface area contributed by atoms with E-state index < -0.39 is 0 Å². The van der Waals surface area contributed by atoms with Gasteiger partial charge in [-0.25, -0.2) is 23.9 Å². The standard InChI is InChI=1S/C18H22FN7/c1-4-14-17(19)18(21-11-20-14)25-9-7-24(8-10-25)16-6-5-15-22-12(2)13(3)26(15)23-16/h5-6,11H,4,7-10H2,1-3H3. The molecule has 0 unspecified atom stereocenters. The second kappa shape index (κ2) is 6.51. The van der Waals surface area contributed by atoms with Crippen molar-refractivity contribution < 1.29 is 4.39 Å². The van der Waals surface area contributed by atoms with E-state index in [0.717, 1.165) is 35.9 Å². The number of aromatic nitrogens is 5. The van der Waals surface area contributed by atoms with Gasteiger partial charge < -0.3 is 9.80 Å². The van der Waals surface area contributed by atoms with Gasteiger partial charge in [0.1, 0.15) is 12.1 Å². The summed E-state index contributed by atoms with van der Waals surface area (Å²) in [6.45, 7) is 8.81. The maximum atomic E-state index is 14.5. The first kappa shape index (κ1) is 16.7. The summed E-state index contributed by atoms with van der Waals surface area (Å²) < 4.78 is 16.4. The number of hydrogen-bond donors (Lipinski definition) is 0. The first-order valence-corrected chi connectivity index (χ1v) is 8.90. The van der Waals surface area contributed by atoms with E-state index in [4.69, 9.17) is 5.10 Å². The highest BCUT2D eigenvalue weighted by Gasteiger charge is 2.23. The van der Waals surface area contributed by atoms with Gasteiger partial charge in [-0.2, -0.15) is 0 Å². The number of rotatable bonds is 3. The Morgan fingerprint density at radius 2 is 1.77 bits per heavy atom. The van der Waals surface area contributed by atoms with Crippen molar-refractivity contribution in [1.82, 2.24) is 24.6 Å². The first-order valence-electron chi connectivity index (χ1n) is 8.90. The SMILES string of the molecule is CCc1ncnc(N2CCN(c3ccc4nc(C)c(C)n4n3)CC2)c1F. The maximum absolute atomic E-state index is 14.5. The lowest BCUT2D eigenvalue weighted by molar-refractivity contribution is 0.567. The molecule has 1 aliphatic heterocycles. The summed E-state index contributed by atoms with van der Waals surface area (Å²) in [6.07, 6.45) is 2.01. The molecule has 1 aliphatic rings. The van der Waals surface area contributed by atoms with Crippen LogP contribution in [0.2, 0.25) is 0 Å². The average molecular weight is 355 g/mol. The van der Waals surface area contributed by atoms with Crippen molar-refractivity contribution >= 4 is 17.3 Å². The fraction of sp³-hybridized carbons (Fsp3) is 0.444. The van der Waals surface area contributed by atoms with Gasteiger partial charge in [0.15, 0.2) is 17.3 Å². The summed E-state index contributed by atoms with van der Waals surface area (Å²) in [5.74, 6) is 1.02. The Bertz CT molecular complexity index is 944. The molecule has 4 heterocycles. The Kier molecular flexibility index (Phi) is 4.18. The topological polar surface area (TPSA) is 62.5 Å². The summed E-state index contributed by atoms with van der Waals surface area (Å²) in [6, 6.07) is 3.99. The molecule has 0 saturated carbocycles. The molecule has 0 radical (unpaired) electrons. The van der Waals surface area contributed by atoms with Crippen molar-refractivity contribution in [3.63, 3.8) is 0 Å². The molecule has 0 amide bonds. The van der Waals surface area contributed by atoms with E-state index >= 15 is 0 Å². The molecule has 136 valence electrons. The van der Waals surface area contributed by atoms with Crippen molar-refractivity contribution in [2.24, 2.45) is 0 Å². The van der Waals surface area contributed by atoms with Gasteiger partial charge in [-0.3, -0.25) is 0 Å². The number of aryl methyl sites for hydroxylation is 3. The molecule has 1 saturated heterocycles. The molecule has 0 N–H and O–H groups in total. The number of imidazole rings is 1. The van der Waals surface area contributed by atoms with E-state index in [2.05, 4.69) is 19.9 Å². The normalized spacial score (nSPS) is 15.1. The summed E-state index contributed by atoms with van der Waals surface area (Å²) in [7, 11) is 0. The molecule has 0 spiro atoms. The van der Waals surface area contributed by atoms with Crippen LogP contribution < -0.4 is 9.80 Å². The third-order valence-corrected chi connectivity index (χ3v) is 5.01. The zero-order valence-corrected chi connectivity index (χ0v) is 15.3. The summed E-state index contributed by atoms with van der Waals surface area (Å²) in [4.78, 5) is 16.9. The highest BCUT2D eigenvalue weighted by Crippen LogP contribution is 2.22. The summed E-state index contributed by atoms with van der Waals surface area (Å²) in [5.41, 5.74) is 3.37. The molecule has 0 atom stereocenters. The Hall–Kier alpha value is -2.77. The van der Waals surface area contributed by atoms with Crippen molar-refractivity contribution in [1.29, 1.82) is 0 Å². The minimum absolute atomic E-state index is 0.299. The van der Waals surface area contributed by atoms with Crippen LogP contribution in [0.3, 0.4) is 0 Å². The quantitative estimate of drug-likeness (QED) is 0.718. The minimum Gasteiger partial charge on any atom is -0.352 e. The lowest BCUT2D eigenvalue weighted by atomic mass is 10.2. The molecular formula is C18H22FN7. The van der Waals surface area contributed by atoms with E-state index in [1.807, 2.05) is 42.3 Å². The summed E-state index contributed by atoms with van der Waals surface area (Å²) >= 11 is 0. The van der Waals surface area contributed by atoms with E-state index in [9.17, 15) is 4.39 Å². The van der Waals surface area contributed by atoms with Gasteiger partial charge in [-0.05, 0) is 32.4 Å². The van der Waals surface area contributed by atoms with Gasteiger partial charge in [0.05, 0.1) is 17.1 Å². The van der Waals surface area contributed by atoms with Crippen LogP contribution in [0, 0.1) is 19.7 Å². The van der Waals surface area contributed by atoms with E-state index in [-0.39, 0.29) is 5.82 Å². The van der Waals surface area contributed by atoms with Crippen molar-refractivity contribution in [3.05, 3.63) is 41.4 Å². The minimum atomic E-state index is -0.299. The van der Waals surface area contributed by atoms with Gasteiger partial charge in [-0.15, -0.1) is 5.10 Å². The lowest BCUT2D eigenvalue weighted by Crippen LogP contribution is -2.47. The Labute approximate surface area is 151 Å². The number of nitrogens with zero attached hydrogens (tertiary/aromatic N) is 7. The van der Waals surface area contributed by atoms with Gasteiger partial charge in [0, 0.05) is 26.2 Å². The smallest absolute Gasteiger partial charge is 0.187 e. The second-order valence-corrected chi connectivity index (χ2v) is 6.53. The van der Waals surface area contributed by atoms with Crippen molar-refractivity contribution in [3.8, 4) is 0 Å². The molecule has 1 fully saturated rings. The number of piperazine rings is 1. The zero-order chi connectivity index (χ0) is 18.3. The molecule has 8 heteroatoms. The summed E-state index contributed by atoms with van der Waals surface area (Å²) in [5, 5.41) is 4.72. The fourth-order valence-corrected chi connectivity index (χ4v) is 3.32. The van der Waals surface area contributed by atoms with Crippen LogP contribution in [0.1, 0.15) is 24.0 Å². The van der Waals surface area contributed by atoms with E-state index in [0.29, 0.717) is 31.0 Å². The molecular weight excluding hydrogens is 333 g/mol. The lowest BCUT2D eigenvalue weighted by Gasteiger charge is -2.36. The van der Waals surface area contributed by atoms with Crippen LogP contribution >= 0.6 is 0 Å². The average Bonchev–Trinajstić information content (AvgIpc) is 2.96. The largest absolute Gasteiger partial charge is 0.352 e. The molecule has 4 rings (SSSR count). The third kappa shape index (κ3) is 2.75. The van der Waals surface area contributed by atoms with Crippen LogP contribution in [0.25, 0.3) is 5.65 Å². The number of halogens is 1. The highest BCUT2D eigenvalue weighted by molar-refractivity contribution is 5.50. The van der Waals surface area contributed by atoms with Crippen molar-refractivity contribution in [2.45, 2.75) is 27.2 Å². The van der Waals surface area contributed by atoms with Crippen molar-refractivity contribution in [2.75, 3.05) is 36.0 Å². The van der Waals surface area contributed by atoms with E-state index in [1.54, 1.807) is 0 Å². The maximum Gasteiger partial charge on any atom is 0.187 e. The molecule has 26 heavy (non-hydrogen) atoms. The Morgan fingerprint density at radius 1 is 1.04 bits per heavy atom. The Balaban J connectivity index is 1.53. The second-order valence-electron chi connectivity index (χ2n) is 6.53. The molecule has 3 aromatic rings. The third-order valence-electron chi connectivity index (χ3n) is 5.01. The molecule has 0 aromatic carbocycles.